The first-order valence-corrected chi connectivity index (χ1v) is 9.32. The van der Waals surface area contributed by atoms with Gasteiger partial charge in [0.05, 0.1) is 5.69 Å². The Kier molecular flexibility index (Phi) is 8.84. The lowest BCUT2D eigenvalue weighted by Gasteiger charge is -2.32. The fourth-order valence-corrected chi connectivity index (χ4v) is 3.08. The topological polar surface area (TPSA) is 49.8 Å². The van der Waals surface area contributed by atoms with E-state index in [4.69, 9.17) is 4.74 Å². The van der Waals surface area contributed by atoms with Gasteiger partial charge in [0.2, 0.25) is 0 Å². The predicted octanol–water partition coefficient (Wildman–Crippen LogP) is 4.09. The average molecular weight is 480 g/mol. The van der Waals surface area contributed by atoms with Gasteiger partial charge in [-0.1, -0.05) is 25.1 Å². The summed E-state index contributed by atoms with van der Waals surface area (Å²) in [5.41, 5.74) is 2.14. The summed E-state index contributed by atoms with van der Waals surface area (Å²) < 4.78 is 5.78. The number of halogens is 1. The van der Waals surface area contributed by atoms with Crippen LogP contribution in [0.1, 0.15) is 31.0 Å². The first-order valence-electron chi connectivity index (χ1n) is 9.32. The Morgan fingerprint density at radius 2 is 1.93 bits per heavy atom. The molecule has 0 saturated carbocycles. The predicted molar refractivity (Wildman–Crippen MR) is 121 cm³/mol. The van der Waals surface area contributed by atoms with Crippen LogP contribution in [0.5, 0.6) is 5.75 Å². The van der Waals surface area contributed by atoms with Gasteiger partial charge < -0.3 is 15.0 Å². The molecule has 1 aromatic carbocycles. The van der Waals surface area contributed by atoms with Gasteiger partial charge in [-0.2, -0.15) is 0 Å². The normalized spacial score (nSPS) is 15.2. The van der Waals surface area contributed by atoms with Crippen LogP contribution in [0.15, 0.2) is 53.7 Å². The van der Waals surface area contributed by atoms with E-state index in [0.29, 0.717) is 6.61 Å². The molecule has 1 aromatic heterocycles. The Labute approximate surface area is 179 Å². The van der Waals surface area contributed by atoms with E-state index in [2.05, 4.69) is 39.2 Å². The van der Waals surface area contributed by atoms with Crippen LogP contribution < -0.4 is 10.1 Å². The summed E-state index contributed by atoms with van der Waals surface area (Å²) in [4.78, 5) is 11.0. The van der Waals surface area contributed by atoms with Crippen molar-refractivity contribution < 1.29 is 4.74 Å². The summed E-state index contributed by atoms with van der Waals surface area (Å²) in [6.07, 6.45) is 4.26. The van der Waals surface area contributed by atoms with Crippen molar-refractivity contribution in [1.82, 2.24) is 15.2 Å². The zero-order valence-corrected chi connectivity index (χ0v) is 18.4. The second kappa shape index (κ2) is 11.1. The van der Waals surface area contributed by atoms with Crippen molar-refractivity contribution in [1.29, 1.82) is 0 Å². The van der Waals surface area contributed by atoms with Crippen LogP contribution in [0, 0.1) is 5.92 Å². The second-order valence-corrected chi connectivity index (χ2v) is 6.82. The van der Waals surface area contributed by atoms with Gasteiger partial charge in [-0.3, -0.25) is 9.98 Å². The van der Waals surface area contributed by atoms with E-state index in [1.807, 2.05) is 37.4 Å². The number of ether oxygens (including phenoxy) is 1. The van der Waals surface area contributed by atoms with E-state index in [-0.39, 0.29) is 24.0 Å². The van der Waals surface area contributed by atoms with Gasteiger partial charge in [0.25, 0.3) is 0 Å². The van der Waals surface area contributed by atoms with E-state index in [1.165, 1.54) is 18.4 Å². The van der Waals surface area contributed by atoms with Crippen LogP contribution in [0.2, 0.25) is 0 Å². The summed E-state index contributed by atoms with van der Waals surface area (Å²) in [7, 11) is 1.86. The van der Waals surface area contributed by atoms with Crippen molar-refractivity contribution in [3.63, 3.8) is 0 Å². The lowest BCUT2D eigenvalue weighted by molar-refractivity contribution is 0.273. The molecule has 2 aromatic rings. The number of guanidine groups is 1. The maximum atomic E-state index is 5.78. The standard InChI is InChI=1S/C21H28N4O.HI/c1-17-10-13-25(14-11-17)21(22-2)24-15-18-6-8-20(9-7-18)26-16-19-5-3-4-12-23-19;/h3-9,12,17H,10-11,13-16H2,1-2H3,(H,22,24);1H. The molecule has 1 aliphatic rings. The smallest absolute Gasteiger partial charge is 0.193 e. The summed E-state index contributed by atoms with van der Waals surface area (Å²) in [5, 5.41) is 3.47. The first kappa shape index (κ1) is 21.5. The van der Waals surface area contributed by atoms with Gasteiger partial charge in [-0.15, -0.1) is 24.0 Å². The lowest BCUT2D eigenvalue weighted by Crippen LogP contribution is -2.45. The summed E-state index contributed by atoms with van der Waals surface area (Å²) >= 11 is 0. The first-order chi connectivity index (χ1) is 12.7. The number of nitrogens with one attached hydrogen (secondary N) is 1. The molecule has 1 N–H and O–H groups in total. The van der Waals surface area contributed by atoms with E-state index in [0.717, 1.165) is 43.0 Å². The molecular weight excluding hydrogens is 451 g/mol. The van der Waals surface area contributed by atoms with Crippen LogP contribution in [0.3, 0.4) is 0 Å². The van der Waals surface area contributed by atoms with Crippen LogP contribution in [0.4, 0.5) is 0 Å². The highest BCUT2D eigenvalue weighted by Gasteiger charge is 2.18. The Morgan fingerprint density at radius 3 is 2.56 bits per heavy atom. The molecule has 3 rings (SSSR count). The highest BCUT2D eigenvalue weighted by molar-refractivity contribution is 14.0. The maximum Gasteiger partial charge on any atom is 0.193 e. The summed E-state index contributed by atoms with van der Waals surface area (Å²) in [5.74, 6) is 2.67. The molecule has 0 radical (unpaired) electrons. The van der Waals surface area contributed by atoms with Gasteiger partial charge in [0, 0.05) is 32.9 Å². The molecule has 0 bridgehead atoms. The molecule has 0 aliphatic carbocycles. The third-order valence-electron chi connectivity index (χ3n) is 4.78. The largest absolute Gasteiger partial charge is 0.487 e. The van der Waals surface area contributed by atoms with E-state index < -0.39 is 0 Å². The number of rotatable bonds is 5. The third kappa shape index (κ3) is 6.68. The Balaban J connectivity index is 0.00000261. The van der Waals surface area contributed by atoms with Gasteiger partial charge in [-0.25, -0.2) is 0 Å². The molecule has 2 heterocycles. The van der Waals surface area contributed by atoms with Crippen LogP contribution in [-0.4, -0.2) is 36.0 Å². The van der Waals surface area contributed by atoms with Crippen molar-refractivity contribution in [3.8, 4) is 5.75 Å². The molecule has 1 aliphatic heterocycles. The molecule has 6 heteroatoms. The molecular formula is C21H29IN4O. The zero-order valence-electron chi connectivity index (χ0n) is 16.1. The fourth-order valence-electron chi connectivity index (χ4n) is 3.08. The van der Waals surface area contributed by atoms with E-state index in [1.54, 1.807) is 6.20 Å². The Hall–Kier alpha value is -1.83. The number of hydrogen-bond donors (Lipinski definition) is 1. The molecule has 0 atom stereocenters. The van der Waals surface area contributed by atoms with Crippen molar-refractivity contribution >= 4 is 29.9 Å². The zero-order chi connectivity index (χ0) is 18.2. The van der Waals surface area contributed by atoms with Gasteiger partial charge >= 0.3 is 0 Å². The van der Waals surface area contributed by atoms with Crippen molar-refractivity contribution in [2.24, 2.45) is 10.9 Å². The van der Waals surface area contributed by atoms with Crippen LogP contribution >= 0.6 is 24.0 Å². The average Bonchev–Trinajstić information content (AvgIpc) is 2.70. The quantitative estimate of drug-likeness (QED) is 0.398. The van der Waals surface area contributed by atoms with Gasteiger partial charge in [-0.05, 0) is 48.6 Å². The summed E-state index contributed by atoms with van der Waals surface area (Å²) in [6, 6.07) is 14.0. The molecule has 0 unspecified atom stereocenters. The number of aliphatic imine (C=N–C) groups is 1. The van der Waals surface area contributed by atoms with Gasteiger partial charge in [0.15, 0.2) is 5.96 Å². The Bertz CT molecular complexity index is 698. The minimum absolute atomic E-state index is 0. The monoisotopic (exact) mass is 480 g/mol. The van der Waals surface area contributed by atoms with Crippen molar-refractivity contribution in [2.75, 3.05) is 20.1 Å². The second-order valence-electron chi connectivity index (χ2n) is 6.82. The minimum atomic E-state index is 0. The van der Waals surface area contributed by atoms with E-state index in [9.17, 15) is 0 Å². The number of aromatic nitrogens is 1. The van der Waals surface area contributed by atoms with Crippen molar-refractivity contribution in [2.45, 2.75) is 32.9 Å². The molecule has 1 saturated heterocycles. The number of nitrogens with zero attached hydrogens (tertiary/aromatic N) is 3. The minimum Gasteiger partial charge on any atom is -0.487 e. The highest BCUT2D eigenvalue weighted by Crippen LogP contribution is 2.17. The van der Waals surface area contributed by atoms with Crippen molar-refractivity contribution in [3.05, 3.63) is 59.9 Å². The maximum absolute atomic E-state index is 5.78. The molecule has 1 fully saturated rings. The third-order valence-corrected chi connectivity index (χ3v) is 4.78. The van der Waals surface area contributed by atoms with E-state index >= 15 is 0 Å². The molecule has 0 spiro atoms. The number of likely N-dealkylation sites (tertiary alicyclic amines) is 1. The van der Waals surface area contributed by atoms with Crippen LogP contribution in [0.25, 0.3) is 0 Å². The van der Waals surface area contributed by atoms with Gasteiger partial charge in [0.1, 0.15) is 12.4 Å². The number of benzene rings is 1. The summed E-state index contributed by atoms with van der Waals surface area (Å²) in [6.45, 7) is 5.74. The molecule has 27 heavy (non-hydrogen) atoms. The molecule has 0 amide bonds. The lowest BCUT2D eigenvalue weighted by atomic mass is 10.00. The number of pyridine rings is 1. The highest BCUT2D eigenvalue weighted by atomic mass is 127. The fraction of sp³-hybridized carbons (Fsp3) is 0.429. The van der Waals surface area contributed by atoms with Crippen LogP contribution in [-0.2, 0) is 13.2 Å². The number of hydrogen-bond acceptors (Lipinski definition) is 3. The SMILES string of the molecule is CN=C(NCc1ccc(OCc2ccccn2)cc1)N1CCC(C)CC1.I. The number of piperidine rings is 1. The Morgan fingerprint density at radius 1 is 1.19 bits per heavy atom. The molecule has 5 nitrogen and oxygen atoms in total. The molecule has 146 valence electrons.